The van der Waals surface area contributed by atoms with Crippen molar-refractivity contribution in [3.8, 4) is 0 Å². The smallest absolute Gasteiger partial charge is 0.326 e. The van der Waals surface area contributed by atoms with Gasteiger partial charge in [0.1, 0.15) is 12.6 Å². The summed E-state index contributed by atoms with van der Waals surface area (Å²) in [6, 6.07) is 2.04. The maximum absolute atomic E-state index is 12.0. The minimum Gasteiger partial charge on any atom is -0.480 e. The Hall–Kier alpha value is -1.63. The van der Waals surface area contributed by atoms with Gasteiger partial charge in [-0.05, 0) is 28.4 Å². The summed E-state index contributed by atoms with van der Waals surface area (Å²) in [4.78, 5) is 35.7. The fraction of sp³-hybridized carbons (Fsp3) is 0.417. The standard InChI is InChI=1S/C12H15BrN2O4/c1-3-9(12(18)19)14(2)11(17)7-15-6-8(13)4-5-10(15)16/h4-6,9H,3,7H2,1-2H3,(H,18,19). The third-order valence-electron chi connectivity index (χ3n) is 2.79. The van der Waals surface area contributed by atoms with E-state index in [2.05, 4.69) is 15.9 Å². The molecule has 0 aromatic carbocycles. The molecule has 0 saturated carbocycles. The first-order valence-electron chi connectivity index (χ1n) is 5.71. The molecule has 104 valence electrons. The molecule has 0 fully saturated rings. The maximum Gasteiger partial charge on any atom is 0.326 e. The minimum absolute atomic E-state index is 0.182. The van der Waals surface area contributed by atoms with Gasteiger partial charge >= 0.3 is 5.97 Å². The Kier molecular flexibility index (Phi) is 5.29. The quantitative estimate of drug-likeness (QED) is 0.871. The summed E-state index contributed by atoms with van der Waals surface area (Å²) in [5.41, 5.74) is -0.312. The average Bonchev–Trinajstić information content (AvgIpc) is 2.34. The van der Waals surface area contributed by atoms with Crippen LogP contribution in [0.5, 0.6) is 0 Å². The summed E-state index contributed by atoms with van der Waals surface area (Å²) in [5.74, 6) is -1.48. The molecule has 1 unspecified atom stereocenters. The first-order chi connectivity index (χ1) is 8.86. The Balaban J connectivity index is 2.87. The van der Waals surface area contributed by atoms with Gasteiger partial charge in [0.05, 0.1) is 0 Å². The lowest BCUT2D eigenvalue weighted by molar-refractivity contribution is -0.149. The Morgan fingerprint density at radius 2 is 2.11 bits per heavy atom. The van der Waals surface area contributed by atoms with Crippen LogP contribution in [0.25, 0.3) is 0 Å². The third-order valence-corrected chi connectivity index (χ3v) is 3.25. The van der Waals surface area contributed by atoms with Gasteiger partial charge in [-0.2, -0.15) is 0 Å². The molecular formula is C12H15BrN2O4. The molecule has 19 heavy (non-hydrogen) atoms. The van der Waals surface area contributed by atoms with Crippen molar-refractivity contribution in [1.29, 1.82) is 0 Å². The first-order valence-corrected chi connectivity index (χ1v) is 6.50. The van der Waals surface area contributed by atoms with Crippen LogP contribution in [0.15, 0.2) is 27.6 Å². The highest BCUT2D eigenvalue weighted by atomic mass is 79.9. The van der Waals surface area contributed by atoms with Crippen LogP contribution in [0.2, 0.25) is 0 Å². The molecule has 0 spiro atoms. The van der Waals surface area contributed by atoms with Crippen LogP contribution >= 0.6 is 15.9 Å². The molecule has 1 aromatic heterocycles. The highest BCUT2D eigenvalue weighted by molar-refractivity contribution is 9.10. The van der Waals surface area contributed by atoms with Crippen molar-refractivity contribution in [3.63, 3.8) is 0 Å². The number of aromatic nitrogens is 1. The lowest BCUT2D eigenvalue weighted by Crippen LogP contribution is -2.44. The summed E-state index contributed by atoms with van der Waals surface area (Å²) in [6.45, 7) is 1.51. The van der Waals surface area contributed by atoms with Gasteiger partial charge in [0.15, 0.2) is 0 Å². The highest BCUT2D eigenvalue weighted by Crippen LogP contribution is 2.07. The predicted octanol–water partition coefficient (Wildman–Crippen LogP) is 0.932. The molecule has 0 saturated heterocycles. The number of pyridine rings is 1. The number of halogens is 1. The molecule has 0 bridgehead atoms. The van der Waals surface area contributed by atoms with Crippen LogP contribution in [-0.4, -0.2) is 39.5 Å². The van der Waals surface area contributed by atoms with E-state index >= 15 is 0 Å². The molecule has 6 nitrogen and oxygen atoms in total. The fourth-order valence-electron chi connectivity index (χ4n) is 1.67. The second-order valence-corrected chi connectivity index (χ2v) is 5.00. The van der Waals surface area contributed by atoms with Gasteiger partial charge in [0.2, 0.25) is 5.91 Å². The van der Waals surface area contributed by atoms with Crippen LogP contribution in [0, 0.1) is 0 Å². The van der Waals surface area contributed by atoms with E-state index in [9.17, 15) is 14.4 Å². The van der Waals surface area contributed by atoms with Gasteiger partial charge in [-0.3, -0.25) is 9.59 Å². The van der Waals surface area contributed by atoms with Crippen molar-refractivity contribution in [2.75, 3.05) is 7.05 Å². The Bertz CT molecular complexity index is 541. The van der Waals surface area contributed by atoms with E-state index in [-0.39, 0.29) is 12.1 Å². The van der Waals surface area contributed by atoms with E-state index in [1.807, 2.05) is 0 Å². The Morgan fingerprint density at radius 1 is 1.47 bits per heavy atom. The monoisotopic (exact) mass is 330 g/mol. The fourth-order valence-corrected chi connectivity index (χ4v) is 2.05. The topological polar surface area (TPSA) is 79.6 Å². The van der Waals surface area contributed by atoms with Crippen LogP contribution < -0.4 is 5.56 Å². The largest absolute Gasteiger partial charge is 0.480 e. The molecule has 1 amide bonds. The second-order valence-electron chi connectivity index (χ2n) is 4.08. The van der Waals surface area contributed by atoms with Crippen molar-refractivity contribution in [2.45, 2.75) is 25.9 Å². The molecule has 1 heterocycles. The van der Waals surface area contributed by atoms with Crippen molar-refractivity contribution in [2.24, 2.45) is 0 Å². The van der Waals surface area contributed by atoms with Crippen molar-refractivity contribution in [1.82, 2.24) is 9.47 Å². The lowest BCUT2D eigenvalue weighted by atomic mass is 10.2. The van der Waals surface area contributed by atoms with Gasteiger partial charge in [-0.1, -0.05) is 6.92 Å². The summed E-state index contributed by atoms with van der Waals surface area (Å²) in [7, 11) is 1.42. The first kappa shape index (κ1) is 15.4. The van der Waals surface area contributed by atoms with Gasteiger partial charge < -0.3 is 14.6 Å². The number of carboxylic acid groups (broad SMARTS) is 1. The van der Waals surface area contributed by atoms with Gasteiger partial charge in [-0.15, -0.1) is 0 Å². The van der Waals surface area contributed by atoms with Crippen molar-refractivity contribution >= 4 is 27.8 Å². The molecule has 1 aromatic rings. The zero-order valence-corrected chi connectivity index (χ0v) is 12.3. The third kappa shape index (κ3) is 3.92. The zero-order chi connectivity index (χ0) is 14.6. The van der Waals surface area contributed by atoms with Crippen molar-refractivity contribution < 1.29 is 14.7 Å². The summed E-state index contributed by atoms with van der Waals surface area (Å²) in [6.07, 6.45) is 1.81. The molecule has 1 atom stereocenters. The minimum atomic E-state index is -1.06. The number of rotatable bonds is 5. The molecule has 7 heteroatoms. The van der Waals surface area contributed by atoms with Crippen LogP contribution in [-0.2, 0) is 16.1 Å². The number of carboxylic acids is 1. The molecular weight excluding hydrogens is 316 g/mol. The van der Waals surface area contributed by atoms with Gasteiger partial charge in [0, 0.05) is 23.8 Å². The lowest BCUT2D eigenvalue weighted by Gasteiger charge is -2.24. The summed E-state index contributed by atoms with van der Waals surface area (Å²) in [5, 5.41) is 8.99. The number of likely N-dealkylation sites (N-methyl/N-ethyl adjacent to an activating group) is 1. The van der Waals surface area contributed by atoms with Gasteiger partial charge in [-0.25, -0.2) is 4.79 Å². The Morgan fingerprint density at radius 3 is 2.63 bits per heavy atom. The van der Waals surface area contributed by atoms with Crippen LogP contribution in [0.4, 0.5) is 0 Å². The van der Waals surface area contributed by atoms with E-state index in [0.717, 1.165) is 4.90 Å². The van der Waals surface area contributed by atoms with Crippen LogP contribution in [0.3, 0.4) is 0 Å². The molecule has 0 aliphatic rings. The number of aliphatic carboxylic acids is 1. The van der Waals surface area contributed by atoms with E-state index in [1.54, 1.807) is 13.0 Å². The number of carbonyl (C=O) groups excluding carboxylic acids is 1. The van der Waals surface area contributed by atoms with E-state index in [4.69, 9.17) is 5.11 Å². The molecule has 1 rings (SSSR count). The molecule has 0 aliphatic carbocycles. The van der Waals surface area contributed by atoms with E-state index in [1.165, 1.54) is 23.9 Å². The number of amides is 1. The predicted molar refractivity (Wildman–Crippen MR) is 72.9 cm³/mol. The van der Waals surface area contributed by atoms with E-state index < -0.39 is 17.9 Å². The number of hydrogen-bond acceptors (Lipinski definition) is 3. The summed E-state index contributed by atoms with van der Waals surface area (Å²) < 4.78 is 1.91. The van der Waals surface area contributed by atoms with Crippen molar-refractivity contribution in [3.05, 3.63) is 33.2 Å². The molecule has 0 radical (unpaired) electrons. The average molecular weight is 331 g/mol. The normalized spacial score (nSPS) is 11.9. The highest BCUT2D eigenvalue weighted by Gasteiger charge is 2.24. The van der Waals surface area contributed by atoms with Gasteiger partial charge in [0.25, 0.3) is 5.56 Å². The molecule has 0 aliphatic heterocycles. The maximum atomic E-state index is 12.0. The SMILES string of the molecule is CCC(C(=O)O)N(C)C(=O)Cn1cc(Br)ccc1=O. The second kappa shape index (κ2) is 6.51. The zero-order valence-electron chi connectivity index (χ0n) is 10.7. The Labute approximate surface area is 118 Å². The van der Waals surface area contributed by atoms with Crippen LogP contribution in [0.1, 0.15) is 13.3 Å². The van der Waals surface area contributed by atoms with E-state index in [0.29, 0.717) is 10.9 Å². The molecule has 1 N–H and O–H groups in total. The number of nitrogens with zero attached hydrogens (tertiary/aromatic N) is 2. The number of carbonyl (C=O) groups is 2. The number of hydrogen-bond donors (Lipinski definition) is 1. The summed E-state index contributed by atoms with van der Waals surface area (Å²) >= 11 is 3.21.